The zero-order chi connectivity index (χ0) is 13.2. The number of carboxylic acids is 1. The van der Waals surface area contributed by atoms with Gasteiger partial charge in [-0.05, 0) is 25.7 Å². The monoisotopic (exact) mass is 283 g/mol. The molecular weight excluding hydrogens is 266 g/mol. The number of ether oxygens (including phenoxy) is 1. The first-order valence-corrected chi connectivity index (χ1v) is 7.61. The maximum Gasteiger partial charge on any atom is 0.313 e. The fourth-order valence-electron chi connectivity index (χ4n) is 2.41. The summed E-state index contributed by atoms with van der Waals surface area (Å²) in [6.45, 7) is 1.53. The molecule has 1 aliphatic carbocycles. The molecular formula is C12H17N3O3S. The lowest BCUT2D eigenvalue weighted by Gasteiger charge is -2.22. The highest BCUT2D eigenvalue weighted by molar-refractivity contribution is 7.99. The van der Waals surface area contributed by atoms with E-state index in [-0.39, 0.29) is 5.75 Å². The Morgan fingerprint density at radius 3 is 2.89 bits per heavy atom. The molecule has 0 bridgehead atoms. The second kappa shape index (κ2) is 5.50. The van der Waals surface area contributed by atoms with Gasteiger partial charge in [-0.25, -0.2) is 0 Å². The van der Waals surface area contributed by atoms with E-state index < -0.39 is 5.97 Å². The molecule has 0 aromatic carbocycles. The van der Waals surface area contributed by atoms with Crippen molar-refractivity contribution in [3.05, 3.63) is 5.82 Å². The van der Waals surface area contributed by atoms with Gasteiger partial charge in [-0.15, -0.1) is 10.2 Å². The van der Waals surface area contributed by atoms with Crippen LogP contribution in [0.5, 0.6) is 0 Å². The second-order valence-electron chi connectivity index (χ2n) is 5.04. The molecule has 104 valence electrons. The van der Waals surface area contributed by atoms with E-state index in [1.54, 1.807) is 0 Å². The molecule has 19 heavy (non-hydrogen) atoms. The average Bonchev–Trinajstić information content (AvgIpc) is 3.17. The summed E-state index contributed by atoms with van der Waals surface area (Å²) in [5.74, 6) is 0.500. The molecule has 3 rings (SSSR count). The minimum Gasteiger partial charge on any atom is -0.481 e. The molecule has 1 aliphatic heterocycles. The first kappa shape index (κ1) is 12.9. The van der Waals surface area contributed by atoms with Crippen molar-refractivity contribution in [2.75, 3.05) is 19.0 Å². The van der Waals surface area contributed by atoms with Crippen molar-refractivity contribution in [1.82, 2.24) is 14.8 Å². The molecule has 2 heterocycles. The van der Waals surface area contributed by atoms with E-state index >= 15 is 0 Å². The van der Waals surface area contributed by atoms with Crippen molar-refractivity contribution in [1.29, 1.82) is 0 Å². The van der Waals surface area contributed by atoms with Crippen LogP contribution in [0.4, 0.5) is 0 Å². The Hall–Kier alpha value is -1.08. The highest BCUT2D eigenvalue weighted by Gasteiger charge is 2.33. The predicted octanol–water partition coefficient (Wildman–Crippen LogP) is 1.68. The Morgan fingerprint density at radius 2 is 2.26 bits per heavy atom. The number of nitrogens with zero attached hydrogens (tertiary/aromatic N) is 3. The summed E-state index contributed by atoms with van der Waals surface area (Å²) < 4.78 is 7.66. The van der Waals surface area contributed by atoms with E-state index in [0.29, 0.717) is 18.6 Å². The number of hydrogen-bond acceptors (Lipinski definition) is 5. The standard InChI is InChI=1S/C12H17N3O3S/c16-10(17)7-19-12-14-13-11(15(12)9-3-4-9)8-2-1-5-18-6-8/h8-9H,1-7H2,(H,16,17). The SMILES string of the molecule is O=C(O)CSc1nnc(C2CCCOC2)n1C1CC1. The Morgan fingerprint density at radius 1 is 1.42 bits per heavy atom. The molecule has 0 spiro atoms. The van der Waals surface area contributed by atoms with Gasteiger partial charge in [-0.1, -0.05) is 11.8 Å². The molecule has 2 fully saturated rings. The summed E-state index contributed by atoms with van der Waals surface area (Å²) in [4.78, 5) is 10.7. The average molecular weight is 283 g/mol. The molecule has 0 amide bonds. The predicted molar refractivity (Wildman–Crippen MR) is 69.4 cm³/mol. The van der Waals surface area contributed by atoms with E-state index in [2.05, 4.69) is 14.8 Å². The maximum atomic E-state index is 10.7. The lowest BCUT2D eigenvalue weighted by molar-refractivity contribution is -0.133. The molecule has 1 atom stereocenters. The fraction of sp³-hybridized carbons (Fsp3) is 0.750. The van der Waals surface area contributed by atoms with E-state index in [0.717, 1.165) is 43.3 Å². The molecule has 1 aromatic rings. The van der Waals surface area contributed by atoms with Gasteiger partial charge in [-0.3, -0.25) is 4.79 Å². The van der Waals surface area contributed by atoms with Crippen molar-refractivity contribution in [2.45, 2.75) is 42.8 Å². The number of hydrogen-bond donors (Lipinski definition) is 1. The van der Waals surface area contributed by atoms with E-state index in [1.807, 2.05) is 0 Å². The summed E-state index contributed by atoms with van der Waals surface area (Å²) in [5.41, 5.74) is 0. The zero-order valence-electron chi connectivity index (χ0n) is 10.6. The van der Waals surface area contributed by atoms with E-state index in [1.165, 1.54) is 11.8 Å². The number of carboxylic acid groups (broad SMARTS) is 1. The largest absolute Gasteiger partial charge is 0.481 e. The first-order chi connectivity index (χ1) is 9.25. The Kier molecular flexibility index (Phi) is 3.74. The number of aliphatic carboxylic acids is 1. The highest BCUT2D eigenvalue weighted by Crippen LogP contribution is 2.41. The van der Waals surface area contributed by atoms with Crippen LogP contribution in [-0.4, -0.2) is 44.8 Å². The van der Waals surface area contributed by atoms with Crippen molar-refractivity contribution in [3.8, 4) is 0 Å². The quantitative estimate of drug-likeness (QED) is 0.829. The van der Waals surface area contributed by atoms with E-state index in [9.17, 15) is 4.79 Å². The van der Waals surface area contributed by atoms with Gasteiger partial charge in [0.05, 0.1) is 12.4 Å². The summed E-state index contributed by atoms with van der Waals surface area (Å²) in [7, 11) is 0. The van der Waals surface area contributed by atoms with Gasteiger partial charge in [-0.2, -0.15) is 0 Å². The Balaban J connectivity index is 1.81. The lowest BCUT2D eigenvalue weighted by Crippen LogP contribution is -2.19. The fourth-order valence-corrected chi connectivity index (χ4v) is 3.14. The molecule has 1 saturated carbocycles. The molecule has 1 aromatic heterocycles. The number of thioether (sulfide) groups is 1. The Bertz CT molecular complexity index is 467. The third kappa shape index (κ3) is 2.92. The number of rotatable bonds is 5. The normalized spacial score (nSPS) is 23.5. The maximum absolute atomic E-state index is 10.7. The first-order valence-electron chi connectivity index (χ1n) is 6.63. The van der Waals surface area contributed by atoms with Crippen molar-refractivity contribution >= 4 is 17.7 Å². The third-order valence-corrected chi connectivity index (χ3v) is 4.38. The van der Waals surface area contributed by atoms with Crippen LogP contribution < -0.4 is 0 Å². The van der Waals surface area contributed by atoms with Crippen LogP contribution in [0.2, 0.25) is 0 Å². The minimum atomic E-state index is -0.821. The van der Waals surface area contributed by atoms with Gasteiger partial charge in [0.15, 0.2) is 5.16 Å². The van der Waals surface area contributed by atoms with Crippen LogP contribution in [0.25, 0.3) is 0 Å². The van der Waals surface area contributed by atoms with E-state index in [4.69, 9.17) is 9.84 Å². The second-order valence-corrected chi connectivity index (χ2v) is 5.98. The molecule has 6 nitrogen and oxygen atoms in total. The highest BCUT2D eigenvalue weighted by atomic mass is 32.2. The van der Waals surface area contributed by atoms with Crippen LogP contribution in [0.15, 0.2) is 5.16 Å². The smallest absolute Gasteiger partial charge is 0.313 e. The van der Waals surface area contributed by atoms with Gasteiger partial charge in [0.25, 0.3) is 0 Å². The van der Waals surface area contributed by atoms with Crippen molar-refractivity contribution < 1.29 is 14.6 Å². The van der Waals surface area contributed by atoms with Crippen molar-refractivity contribution in [2.24, 2.45) is 0 Å². The summed E-state index contributed by atoms with van der Waals surface area (Å²) in [6.07, 6.45) is 4.41. The topological polar surface area (TPSA) is 77.2 Å². The molecule has 1 unspecified atom stereocenters. The van der Waals surface area contributed by atoms with Crippen LogP contribution in [0.3, 0.4) is 0 Å². The molecule has 2 aliphatic rings. The van der Waals surface area contributed by atoms with Gasteiger partial charge < -0.3 is 14.4 Å². The van der Waals surface area contributed by atoms with Gasteiger partial charge in [0.2, 0.25) is 0 Å². The molecule has 1 saturated heterocycles. The molecule has 0 radical (unpaired) electrons. The summed E-state index contributed by atoms with van der Waals surface area (Å²) >= 11 is 1.26. The minimum absolute atomic E-state index is 0.0337. The Labute approximate surface area is 115 Å². The van der Waals surface area contributed by atoms with Crippen LogP contribution >= 0.6 is 11.8 Å². The van der Waals surface area contributed by atoms with Crippen LogP contribution in [0.1, 0.15) is 43.5 Å². The van der Waals surface area contributed by atoms with Crippen LogP contribution in [-0.2, 0) is 9.53 Å². The lowest BCUT2D eigenvalue weighted by atomic mass is 10.0. The van der Waals surface area contributed by atoms with Crippen molar-refractivity contribution in [3.63, 3.8) is 0 Å². The summed E-state index contributed by atoms with van der Waals surface area (Å²) in [6, 6.07) is 0.461. The zero-order valence-corrected chi connectivity index (χ0v) is 11.4. The molecule has 1 N–H and O–H groups in total. The molecule has 7 heteroatoms. The van der Waals surface area contributed by atoms with Gasteiger partial charge in [0.1, 0.15) is 5.82 Å². The number of aromatic nitrogens is 3. The van der Waals surface area contributed by atoms with Crippen LogP contribution in [0, 0.1) is 0 Å². The van der Waals surface area contributed by atoms with Gasteiger partial charge in [0, 0.05) is 18.6 Å². The summed E-state index contributed by atoms with van der Waals surface area (Å²) in [5, 5.41) is 18.0. The van der Waals surface area contributed by atoms with Gasteiger partial charge >= 0.3 is 5.97 Å². The third-order valence-electron chi connectivity index (χ3n) is 3.45. The number of carbonyl (C=O) groups is 1.